The lowest BCUT2D eigenvalue weighted by molar-refractivity contribution is 0.0697. The van der Waals surface area contributed by atoms with Gasteiger partial charge in [0.25, 0.3) is 10.0 Å². The van der Waals surface area contributed by atoms with Crippen molar-refractivity contribution in [3.05, 3.63) is 58.6 Å². The van der Waals surface area contributed by atoms with Crippen LogP contribution in [0.3, 0.4) is 0 Å². The molecule has 2 aromatic carbocycles. The highest BCUT2D eigenvalue weighted by Crippen LogP contribution is 2.22. The Hall–Kier alpha value is -2.05. The molecule has 0 aliphatic carbocycles. The van der Waals surface area contributed by atoms with Crippen LogP contribution in [-0.4, -0.2) is 19.5 Å². The summed E-state index contributed by atoms with van der Waals surface area (Å²) in [6, 6.07) is 9.92. The molecule has 0 amide bonds. The maximum absolute atomic E-state index is 12.3. The minimum atomic E-state index is -3.75. The molecular formula is C14H12ClNO4S. The third kappa shape index (κ3) is 3.53. The second-order valence-corrected chi connectivity index (χ2v) is 6.49. The Morgan fingerprint density at radius 1 is 1.14 bits per heavy atom. The van der Waals surface area contributed by atoms with Crippen molar-refractivity contribution >= 4 is 33.3 Å². The van der Waals surface area contributed by atoms with Crippen LogP contribution >= 0.6 is 11.6 Å². The number of aromatic carboxylic acids is 1. The Kier molecular flexibility index (Phi) is 4.20. The molecule has 110 valence electrons. The third-order valence-corrected chi connectivity index (χ3v) is 4.59. The predicted octanol–water partition coefficient (Wildman–Crippen LogP) is 3.15. The van der Waals surface area contributed by atoms with Crippen LogP contribution in [0.15, 0.2) is 47.4 Å². The number of aryl methyl sites for hydroxylation is 1. The first-order valence-corrected chi connectivity index (χ1v) is 7.78. The second-order valence-electron chi connectivity index (χ2n) is 4.40. The predicted molar refractivity (Wildman–Crippen MR) is 80.4 cm³/mol. The number of anilines is 1. The van der Waals surface area contributed by atoms with E-state index in [0.717, 1.165) is 0 Å². The van der Waals surface area contributed by atoms with Crippen LogP contribution in [0, 0.1) is 6.92 Å². The zero-order valence-electron chi connectivity index (χ0n) is 11.0. The van der Waals surface area contributed by atoms with Gasteiger partial charge in [-0.15, -0.1) is 0 Å². The molecule has 0 heterocycles. The zero-order chi connectivity index (χ0) is 15.6. The third-order valence-electron chi connectivity index (χ3n) is 2.81. The lowest BCUT2D eigenvalue weighted by atomic mass is 10.2. The molecule has 0 radical (unpaired) electrons. The molecule has 0 atom stereocenters. The fraction of sp³-hybridized carbons (Fsp3) is 0.0714. The van der Waals surface area contributed by atoms with E-state index in [0.29, 0.717) is 10.6 Å². The standard InChI is InChI=1S/C14H12ClNO4S/c1-9-8-11(15)4-7-13(9)21(19,20)16-12-5-2-10(3-6-12)14(17)18/h2-8,16H,1H3,(H,17,18). The van der Waals surface area contributed by atoms with E-state index in [-0.39, 0.29) is 16.1 Å². The van der Waals surface area contributed by atoms with Gasteiger partial charge in [0.2, 0.25) is 0 Å². The van der Waals surface area contributed by atoms with E-state index in [1.54, 1.807) is 13.0 Å². The Morgan fingerprint density at radius 3 is 2.29 bits per heavy atom. The second kappa shape index (κ2) is 5.75. The van der Waals surface area contributed by atoms with E-state index in [1.807, 2.05) is 0 Å². The van der Waals surface area contributed by atoms with Gasteiger partial charge in [0.05, 0.1) is 10.5 Å². The molecule has 21 heavy (non-hydrogen) atoms. The average Bonchev–Trinajstić information content (AvgIpc) is 2.38. The lowest BCUT2D eigenvalue weighted by Gasteiger charge is -2.10. The van der Waals surface area contributed by atoms with Gasteiger partial charge in [-0.3, -0.25) is 4.72 Å². The Balaban J connectivity index is 2.30. The van der Waals surface area contributed by atoms with E-state index < -0.39 is 16.0 Å². The van der Waals surface area contributed by atoms with Gasteiger partial charge in [-0.05, 0) is 55.0 Å². The quantitative estimate of drug-likeness (QED) is 0.904. The largest absolute Gasteiger partial charge is 0.478 e. The number of hydrogen-bond donors (Lipinski definition) is 2. The summed E-state index contributed by atoms with van der Waals surface area (Å²) in [6.07, 6.45) is 0. The fourth-order valence-corrected chi connectivity index (χ4v) is 3.32. The van der Waals surface area contributed by atoms with Crippen molar-refractivity contribution in [1.82, 2.24) is 0 Å². The van der Waals surface area contributed by atoms with Crippen molar-refractivity contribution < 1.29 is 18.3 Å². The van der Waals surface area contributed by atoms with Crippen molar-refractivity contribution in [3.8, 4) is 0 Å². The molecule has 0 unspecified atom stereocenters. The van der Waals surface area contributed by atoms with Crippen LogP contribution in [-0.2, 0) is 10.0 Å². The molecule has 2 aromatic rings. The number of hydrogen-bond acceptors (Lipinski definition) is 3. The summed E-state index contributed by atoms with van der Waals surface area (Å²) < 4.78 is 27.0. The molecule has 0 spiro atoms. The fourth-order valence-electron chi connectivity index (χ4n) is 1.81. The van der Waals surface area contributed by atoms with Gasteiger partial charge in [0, 0.05) is 10.7 Å². The van der Waals surface area contributed by atoms with Gasteiger partial charge >= 0.3 is 5.97 Å². The summed E-state index contributed by atoms with van der Waals surface area (Å²) in [5, 5.41) is 9.25. The van der Waals surface area contributed by atoms with Gasteiger partial charge in [-0.2, -0.15) is 0 Å². The van der Waals surface area contributed by atoms with Crippen LogP contribution in [0.4, 0.5) is 5.69 Å². The number of benzene rings is 2. The first-order valence-electron chi connectivity index (χ1n) is 5.92. The van der Waals surface area contributed by atoms with Crippen LogP contribution in [0.25, 0.3) is 0 Å². The molecule has 7 heteroatoms. The minimum Gasteiger partial charge on any atom is -0.478 e. The molecule has 0 aliphatic heterocycles. The van der Waals surface area contributed by atoms with E-state index in [9.17, 15) is 13.2 Å². The molecule has 0 aliphatic rings. The van der Waals surface area contributed by atoms with Crippen molar-refractivity contribution in [2.24, 2.45) is 0 Å². The SMILES string of the molecule is Cc1cc(Cl)ccc1S(=O)(=O)Nc1ccc(C(=O)O)cc1. The van der Waals surface area contributed by atoms with Crippen molar-refractivity contribution in [2.75, 3.05) is 4.72 Å². The van der Waals surface area contributed by atoms with Gasteiger partial charge in [0.1, 0.15) is 0 Å². The van der Waals surface area contributed by atoms with Crippen molar-refractivity contribution in [3.63, 3.8) is 0 Å². The molecule has 5 nitrogen and oxygen atoms in total. The normalized spacial score (nSPS) is 11.1. The summed E-state index contributed by atoms with van der Waals surface area (Å²) in [7, 11) is -3.75. The topological polar surface area (TPSA) is 83.5 Å². The number of carboxylic acids is 1. The van der Waals surface area contributed by atoms with Gasteiger partial charge in [-0.25, -0.2) is 13.2 Å². The molecule has 2 rings (SSSR count). The lowest BCUT2D eigenvalue weighted by Crippen LogP contribution is -2.14. The molecule has 0 aromatic heterocycles. The smallest absolute Gasteiger partial charge is 0.335 e. The molecule has 2 N–H and O–H groups in total. The van der Waals surface area contributed by atoms with E-state index in [4.69, 9.17) is 16.7 Å². The summed E-state index contributed by atoms with van der Waals surface area (Å²) in [6.45, 7) is 1.65. The van der Waals surface area contributed by atoms with Crippen molar-refractivity contribution in [2.45, 2.75) is 11.8 Å². The molecule has 0 bridgehead atoms. The monoisotopic (exact) mass is 325 g/mol. The number of carbonyl (C=O) groups is 1. The number of rotatable bonds is 4. The maximum atomic E-state index is 12.3. The Morgan fingerprint density at radius 2 is 1.76 bits per heavy atom. The number of halogens is 1. The molecule has 0 saturated heterocycles. The highest BCUT2D eigenvalue weighted by atomic mass is 35.5. The highest BCUT2D eigenvalue weighted by Gasteiger charge is 2.17. The first kappa shape index (κ1) is 15.3. The maximum Gasteiger partial charge on any atom is 0.335 e. The number of nitrogens with one attached hydrogen (secondary N) is 1. The molecule has 0 saturated carbocycles. The number of sulfonamides is 1. The van der Waals surface area contributed by atoms with E-state index >= 15 is 0 Å². The molecular weight excluding hydrogens is 314 g/mol. The zero-order valence-corrected chi connectivity index (χ0v) is 12.6. The van der Waals surface area contributed by atoms with Gasteiger partial charge in [-0.1, -0.05) is 11.6 Å². The Bertz CT molecular complexity index is 785. The summed E-state index contributed by atoms with van der Waals surface area (Å²) in [5.74, 6) is -1.07. The first-order chi connectivity index (χ1) is 9.79. The number of carboxylic acid groups (broad SMARTS) is 1. The van der Waals surface area contributed by atoms with Crippen LogP contribution in [0.5, 0.6) is 0 Å². The minimum absolute atomic E-state index is 0.0839. The summed E-state index contributed by atoms with van der Waals surface area (Å²) in [5.41, 5.74) is 0.895. The summed E-state index contributed by atoms with van der Waals surface area (Å²) in [4.78, 5) is 10.9. The Labute approximate surface area is 127 Å². The van der Waals surface area contributed by atoms with Gasteiger partial charge < -0.3 is 5.11 Å². The summed E-state index contributed by atoms with van der Waals surface area (Å²) >= 11 is 5.80. The molecule has 0 fully saturated rings. The van der Waals surface area contributed by atoms with Crippen molar-refractivity contribution in [1.29, 1.82) is 0 Å². The van der Waals surface area contributed by atoms with Crippen LogP contribution in [0.1, 0.15) is 15.9 Å². The highest BCUT2D eigenvalue weighted by molar-refractivity contribution is 7.92. The van der Waals surface area contributed by atoms with E-state index in [2.05, 4.69) is 4.72 Å². The average molecular weight is 326 g/mol. The van der Waals surface area contributed by atoms with Gasteiger partial charge in [0.15, 0.2) is 0 Å². The van der Waals surface area contributed by atoms with Crippen LogP contribution in [0.2, 0.25) is 5.02 Å². The van der Waals surface area contributed by atoms with Crippen LogP contribution < -0.4 is 4.72 Å². The van der Waals surface area contributed by atoms with E-state index in [1.165, 1.54) is 36.4 Å².